The molecule has 0 fully saturated rings. The molecule has 0 spiro atoms. The van der Waals surface area contributed by atoms with Crippen LogP contribution < -0.4 is 14.8 Å². The van der Waals surface area contributed by atoms with Gasteiger partial charge in [0.15, 0.2) is 11.9 Å². The predicted molar refractivity (Wildman–Crippen MR) is 86.8 cm³/mol. The van der Waals surface area contributed by atoms with E-state index in [2.05, 4.69) is 17.4 Å². The van der Waals surface area contributed by atoms with Crippen molar-refractivity contribution in [1.82, 2.24) is 5.16 Å². The van der Waals surface area contributed by atoms with E-state index in [1.807, 2.05) is 19.1 Å². The summed E-state index contributed by atoms with van der Waals surface area (Å²) in [6.07, 6.45) is 0.892. The topological polar surface area (TPSA) is 73.6 Å². The Balaban J connectivity index is 1.94. The van der Waals surface area contributed by atoms with Crippen molar-refractivity contribution in [2.75, 3.05) is 11.9 Å². The fourth-order valence-electron chi connectivity index (χ4n) is 1.95. The van der Waals surface area contributed by atoms with Gasteiger partial charge < -0.3 is 19.3 Å². The molecular weight excluding hydrogens is 296 g/mol. The molecule has 124 valence electrons. The van der Waals surface area contributed by atoms with Gasteiger partial charge in [-0.25, -0.2) is 0 Å². The first-order valence-corrected chi connectivity index (χ1v) is 7.76. The lowest BCUT2D eigenvalue weighted by molar-refractivity contribution is -0.122. The average molecular weight is 318 g/mol. The van der Waals surface area contributed by atoms with Crippen LogP contribution in [0.3, 0.4) is 0 Å². The van der Waals surface area contributed by atoms with E-state index in [0.717, 1.165) is 12.2 Å². The highest BCUT2D eigenvalue weighted by atomic mass is 16.5. The summed E-state index contributed by atoms with van der Waals surface area (Å²) >= 11 is 0. The van der Waals surface area contributed by atoms with Crippen molar-refractivity contribution in [1.29, 1.82) is 0 Å². The highest BCUT2D eigenvalue weighted by molar-refractivity contribution is 5.93. The van der Waals surface area contributed by atoms with Gasteiger partial charge in [-0.2, -0.15) is 0 Å². The number of benzene rings is 1. The van der Waals surface area contributed by atoms with Crippen LogP contribution in [0.4, 0.5) is 5.82 Å². The fraction of sp³-hybridized carbons (Fsp3) is 0.412. The minimum atomic E-state index is -0.602. The summed E-state index contributed by atoms with van der Waals surface area (Å²) in [5.74, 6) is 2.17. The maximum atomic E-state index is 12.2. The first-order valence-electron chi connectivity index (χ1n) is 7.76. The van der Waals surface area contributed by atoms with Crippen LogP contribution in [0.5, 0.6) is 11.5 Å². The van der Waals surface area contributed by atoms with Crippen molar-refractivity contribution in [3.05, 3.63) is 36.1 Å². The van der Waals surface area contributed by atoms with Crippen molar-refractivity contribution in [3.8, 4) is 11.5 Å². The van der Waals surface area contributed by atoms with E-state index in [9.17, 15) is 4.79 Å². The van der Waals surface area contributed by atoms with Gasteiger partial charge in [-0.05, 0) is 44.0 Å². The van der Waals surface area contributed by atoms with Gasteiger partial charge in [0, 0.05) is 6.07 Å². The summed E-state index contributed by atoms with van der Waals surface area (Å²) in [6.45, 7) is 6.38. The van der Waals surface area contributed by atoms with Crippen LogP contribution in [0.1, 0.15) is 32.4 Å². The summed E-state index contributed by atoms with van der Waals surface area (Å²) in [7, 11) is 0. The number of carbonyl (C=O) groups excluding carboxylic acids is 1. The van der Waals surface area contributed by atoms with Gasteiger partial charge in [-0.3, -0.25) is 4.79 Å². The molecule has 1 heterocycles. The minimum absolute atomic E-state index is 0.257. The number of ether oxygens (including phenoxy) is 2. The second kappa shape index (κ2) is 8.22. The summed E-state index contributed by atoms with van der Waals surface area (Å²) in [4.78, 5) is 12.2. The molecular formula is C17H22N2O4. The number of anilines is 1. The summed E-state index contributed by atoms with van der Waals surface area (Å²) < 4.78 is 16.2. The van der Waals surface area contributed by atoms with Crippen molar-refractivity contribution in [2.45, 2.75) is 39.7 Å². The number of carbonyl (C=O) groups is 1. The van der Waals surface area contributed by atoms with E-state index in [4.69, 9.17) is 14.0 Å². The molecule has 0 radical (unpaired) electrons. The number of hydrogen-bond acceptors (Lipinski definition) is 5. The number of amides is 1. The molecule has 6 nitrogen and oxygen atoms in total. The standard InChI is InChI=1S/C17H22N2O4/c1-4-10-21-13-6-8-14(9-7-13)22-15(5-2)17(20)18-16-11-12(3)23-19-16/h6-9,11,15H,4-5,10H2,1-3H3,(H,18,19,20)/t15-/m0/s1. The van der Waals surface area contributed by atoms with Crippen LogP contribution in [0.25, 0.3) is 0 Å². The Bertz CT molecular complexity index is 622. The Kier molecular flexibility index (Phi) is 6.02. The minimum Gasteiger partial charge on any atom is -0.494 e. The monoisotopic (exact) mass is 318 g/mol. The third kappa shape index (κ3) is 5.02. The Labute approximate surface area is 135 Å². The summed E-state index contributed by atoms with van der Waals surface area (Å²) in [6, 6.07) is 8.90. The van der Waals surface area contributed by atoms with Gasteiger partial charge in [-0.1, -0.05) is 19.0 Å². The quantitative estimate of drug-likeness (QED) is 0.805. The first-order chi connectivity index (χ1) is 11.1. The zero-order chi connectivity index (χ0) is 16.7. The second-order valence-electron chi connectivity index (χ2n) is 5.15. The maximum Gasteiger partial charge on any atom is 0.266 e. The number of hydrogen-bond donors (Lipinski definition) is 1. The van der Waals surface area contributed by atoms with Gasteiger partial charge in [-0.15, -0.1) is 0 Å². The Morgan fingerprint density at radius 1 is 1.26 bits per heavy atom. The van der Waals surface area contributed by atoms with Gasteiger partial charge in [0.1, 0.15) is 17.3 Å². The molecule has 1 N–H and O–H groups in total. The molecule has 2 aromatic rings. The lowest BCUT2D eigenvalue weighted by Gasteiger charge is -2.16. The molecule has 0 aliphatic carbocycles. The maximum absolute atomic E-state index is 12.2. The van der Waals surface area contributed by atoms with Gasteiger partial charge in [0.2, 0.25) is 0 Å². The zero-order valence-electron chi connectivity index (χ0n) is 13.7. The van der Waals surface area contributed by atoms with E-state index >= 15 is 0 Å². The second-order valence-corrected chi connectivity index (χ2v) is 5.15. The molecule has 0 saturated carbocycles. The van der Waals surface area contributed by atoms with E-state index < -0.39 is 6.10 Å². The number of nitrogens with zero attached hydrogens (tertiary/aromatic N) is 1. The molecule has 0 aliphatic rings. The van der Waals surface area contributed by atoms with Gasteiger partial charge in [0.05, 0.1) is 6.61 Å². The SMILES string of the molecule is CCCOc1ccc(O[C@@H](CC)C(=O)Nc2cc(C)on2)cc1. The molecule has 1 amide bonds. The van der Waals surface area contributed by atoms with E-state index in [1.165, 1.54) is 0 Å². The van der Waals surface area contributed by atoms with Gasteiger partial charge >= 0.3 is 0 Å². The van der Waals surface area contributed by atoms with Crippen molar-refractivity contribution < 1.29 is 18.8 Å². The summed E-state index contributed by atoms with van der Waals surface area (Å²) in [5, 5.41) is 6.42. The van der Waals surface area contributed by atoms with E-state index in [-0.39, 0.29) is 5.91 Å². The number of aromatic nitrogens is 1. The number of rotatable bonds is 8. The Morgan fingerprint density at radius 3 is 2.52 bits per heavy atom. The molecule has 1 aromatic heterocycles. The fourth-order valence-corrected chi connectivity index (χ4v) is 1.95. The van der Waals surface area contributed by atoms with Crippen LogP contribution in [0, 0.1) is 6.92 Å². The first kappa shape index (κ1) is 16.9. The third-order valence-corrected chi connectivity index (χ3v) is 3.12. The molecule has 0 unspecified atom stereocenters. The number of nitrogens with one attached hydrogen (secondary N) is 1. The highest BCUT2D eigenvalue weighted by Crippen LogP contribution is 2.20. The Morgan fingerprint density at radius 2 is 1.96 bits per heavy atom. The molecule has 1 aromatic carbocycles. The predicted octanol–water partition coefficient (Wildman–Crippen LogP) is 3.57. The lowest BCUT2D eigenvalue weighted by Crippen LogP contribution is -2.32. The third-order valence-electron chi connectivity index (χ3n) is 3.12. The van der Waals surface area contributed by atoms with Crippen LogP contribution in [0.15, 0.2) is 34.9 Å². The number of aryl methyl sites for hydroxylation is 1. The summed E-state index contributed by atoms with van der Waals surface area (Å²) in [5.41, 5.74) is 0. The molecule has 0 saturated heterocycles. The molecule has 0 aliphatic heterocycles. The molecule has 2 rings (SSSR count). The van der Waals surface area contributed by atoms with Crippen molar-refractivity contribution in [2.24, 2.45) is 0 Å². The molecule has 1 atom stereocenters. The van der Waals surface area contributed by atoms with Crippen molar-refractivity contribution >= 4 is 11.7 Å². The molecule has 6 heteroatoms. The van der Waals surface area contributed by atoms with E-state index in [1.54, 1.807) is 25.1 Å². The van der Waals surface area contributed by atoms with Crippen LogP contribution in [-0.2, 0) is 4.79 Å². The van der Waals surface area contributed by atoms with Crippen LogP contribution in [0.2, 0.25) is 0 Å². The smallest absolute Gasteiger partial charge is 0.266 e. The van der Waals surface area contributed by atoms with Crippen LogP contribution in [-0.4, -0.2) is 23.8 Å². The van der Waals surface area contributed by atoms with Crippen LogP contribution >= 0.6 is 0 Å². The van der Waals surface area contributed by atoms with E-state index in [0.29, 0.717) is 30.4 Å². The average Bonchev–Trinajstić information content (AvgIpc) is 2.96. The zero-order valence-corrected chi connectivity index (χ0v) is 13.7. The van der Waals surface area contributed by atoms with Gasteiger partial charge in [0.25, 0.3) is 5.91 Å². The normalized spacial score (nSPS) is 11.8. The molecule has 0 bridgehead atoms. The lowest BCUT2D eigenvalue weighted by atomic mass is 10.2. The molecule has 23 heavy (non-hydrogen) atoms. The Hall–Kier alpha value is -2.50. The highest BCUT2D eigenvalue weighted by Gasteiger charge is 2.19. The largest absolute Gasteiger partial charge is 0.494 e. The van der Waals surface area contributed by atoms with Crippen molar-refractivity contribution in [3.63, 3.8) is 0 Å².